The summed E-state index contributed by atoms with van der Waals surface area (Å²) in [4.78, 5) is 0. The molecule has 0 aliphatic heterocycles. The van der Waals surface area contributed by atoms with Crippen molar-refractivity contribution >= 4 is 49.4 Å². The van der Waals surface area contributed by atoms with Gasteiger partial charge in [-0.2, -0.15) is 0 Å². The van der Waals surface area contributed by atoms with Gasteiger partial charge < -0.3 is 0 Å². The van der Waals surface area contributed by atoms with Crippen molar-refractivity contribution < 1.29 is 0 Å². The topological polar surface area (TPSA) is 0 Å². The Morgan fingerprint density at radius 3 is 1.07 bits per heavy atom. The van der Waals surface area contributed by atoms with Crippen LogP contribution < -0.4 is 0 Å². The Kier molecular flexibility index (Phi) is 11.3. The number of hydrogen-bond acceptors (Lipinski definition) is 0. The average Bonchev–Trinajstić information content (AvgIpc) is 2.90. The predicted molar refractivity (Wildman–Crippen MR) is 346 cm³/mol. The molecule has 0 saturated heterocycles. The maximum absolute atomic E-state index is 2.58. The van der Waals surface area contributed by atoms with Crippen molar-refractivity contribution in [2.75, 3.05) is 0 Å². The smallest absolute Gasteiger partial charge is 0.0206 e. The molecule has 0 heterocycles. The number of hydrogen-bond donors (Lipinski definition) is 0. The summed E-state index contributed by atoms with van der Waals surface area (Å²) < 4.78 is 0. The summed E-state index contributed by atoms with van der Waals surface area (Å²) in [5.74, 6) is 0.885. The van der Waals surface area contributed by atoms with Crippen LogP contribution in [-0.4, -0.2) is 0 Å². The lowest BCUT2D eigenvalue weighted by Crippen LogP contribution is -2.18. The first kappa shape index (κ1) is 50.4. The molecule has 4 atom stereocenters. The van der Waals surface area contributed by atoms with Crippen LogP contribution in [0.15, 0.2) is 206 Å². The molecule has 0 spiro atoms. The van der Waals surface area contributed by atoms with Crippen LogP contribution >= 0.6 is 0 Å². The largest absolute Gasteiger partial charge is 0.0767 e. The van der Waals surface area contributed by atoms with Crippen molar-refractivity contribution in [2.45, 2.75) is 105 Å². The van der Waals surface area contributed by atoms with Gasteiger partial charge in [0.2, 0.25) is 0 Å². The Morgan fingerprint density at radius 1 is 0.263 bits per heavy atom. The zero-order chi connectivity index (χ0) is 55.4. The molecule has 0 fully saturated rings. The Hall–Kier alpha value is -7.80. The minimum absolute atomic E-state index is 0.0410. The highest BCUT2D eigenvalue weighted by Crippen LogP contribution is 2.64. The number of allylic oxidation sites excluding steroid dienone is 16. The second-order valence-electron chi connectivity index (χ2n) is 28.0. The van der Waals surface area contributed by atoms with Crippen molar-refractivity contribution in [1.29, 1.82) is 0 Å². The minimum atomic E-state index is -0.0410. The maximum Gasteiger partial charge on any atom is 0.0206 e. The van der Waals surface area contributed by atoms with E-state index in [-0.39, 0.29) is 33.5 Å². The van der Waals surface area contributed by atoms with Gasteiger partial charge in [0.15, 0.2) is 0 Å². The van der Waals surface area contributed by atoms with Crippen molar-refractivity contribution in [3.05, 3.63) is 256 Å². The normalized spacial score (nSPS) is 19.7. The molecule has 80 heavy (non-hydrogen) atoms. The molecule has 6 aliphatic rings. The summed E-state index contributed by atoms with van der Waals surface area (Å²) in [7, 11) is 0. The van der Waals surface area contributed by atoms with Gasteiger partial charge >= 0.3 is 0 Å². The van der Waals surface area contributed by atoms with Gasteiger partial charge in [-0.3, -0.25) is 0 Å². The van der Waals surface area contributed by atoms with E-state index in [0.717, 1.165) is 0 Å². The Balaban J connectivity index is 1.06. The number of benzene rings is 8. The summed E-state index contributed by atoms with van der Waals surface area (Å²) >= 11 is 0. The molecule has 8 aromatic rings. The lowest BCUT2D eigenvalue weighted by atomic mass is 9.71. The zero-order valence-corrected chi connectivity index (χ0v) is 48.9. The standard InChI is InChI=1S/C80H74/c1-77(2,3)53-40-51(41-54(45-53)78(4,5)6)70-59-30-19-20-31-60(59)71(52-42-55(79(7,8)9)46-56(43-52)80(10,11)12)76-65-39-38-57(58-32-23-35-64(72(58)65)75(70)76)50-36-37-61-66(44-50)69(49-26-17-14-18-27-49)74-63-34-22-29-47-28-21-33-62(67(47)63)73(74)68(61)48-24-15-13-16-25-48/h13-47,58,67,72H,1-12H3. The van der Waals surface area contributed by atoms with Crippen LogP contribution in [0.2, 0.25) is 0 Å². The average molecular weight is 1040 g/mol. The monoisotopic (exact) mass is 1030 g/mol. The highest BCUT2D eigenvalue weighted by Gasteiger charge is 2.46. The summed E-state index contributed by atoms with van der Waals surface area (Å²) in [5, 5.41) is 5.24. The Bertz CT molecular complexity index is 4170. The van der Waals surface area contributed by atoms with Gasteiger partial charge in [0.25, 0.3) is 0 Å². The molecular formula is C80H74. The van der Waals surface area contributed by atoms with Crippen molar-refractivity contribution in [1.82, 2.24) is 0 Å². The molecular weight excluding hydrogens is 961 g/mol. The Morgan fingerprint density at radius 2 is 0.625 bits per heavy atom. The van der Waals surface area contributed by atoms with Crippen molar-refractivity contribution in [2.24, 2.45) is 23.7 Å². The number of fused-ring (bicyclic) bond motifs is 8. The summed E-state index contributed by atoms with van der Waals surface area (Å²) in [6, 6.07) is 54.5. The van der Waals surface area contributed by atoms with E-state index in [4.69, 9.17) is 0 Å². The van der Waals surface area contributed by atoms with E-state index >= 15 is 0 Å². The molecule has 394 valence electrons. The molecule has 0 radical (unpaired) electrons. The lowest BCUT2D eigenvalue weighted by Gasteiger charge is -2.32. The van der Waals surface area contributed by atoms with Crippen molar-refractivity contribution in [3.8, 4) is 44.5 Å². The highest BCUT2D eigenvalue weighted by atomic mass is 14.5. The van der Waals surface area contributed by atoms with Crippen molar-refractivity contribution in [3.63, 3.8) is 0 Å². The molecule has 0 N–H and O–H groups in total. The van der Waals surface area contributed by atoms with Gasteiger partial charge in [0.1, 0.15) is 0 Å². The molecule has 6 aliphatic carbocycles. The third-order valence-electron chi connectivity index (χ3n) is 18.7. The molecule has 0 saturated carbocycles. The van der Waals surface area contributed by atoms with Crippen LogP contribution in [0.5, 0.6) is 0 Å². The molecule has 0 heteroatoms. The van der Waals surface area contributed by atoms with Gasteiger partial charge in [-0.1, -0.05) is 283 Å². The summed E-state index contributed by atoms with van der Waals surface area (Å²) in [6.07, 6.45) is 26.7. The Labute approximate surface area is 476 Å². The van der Waals surface area contributed by atoms with Crippen LogP contribution in [0.1, 0.15) is 133 Å². The van der Waals surface area contributed by atoms with Gasteiger partial charge in [0, 0.05) is 23.7 Å². The fraction of sp³-hybridized carbons (Fsp3) is 0.250. The SMILES string of the molecule is CC(C)(C)c1cc(-c2c3c(c(-c4cc(C(C)(C)C)cc(C(C)(C)C)c4)c4ccccc24)C2=CC=C(c4ccc5c(-c6ccccc6)c6c(c(-c7ccccc7)c5c4)C4=CC=CC5C=CC=C6C45)C4C=CC=C3C24)cc(C(C)(C)C)c1. The van der Waals surface area contributed by atoms with E-state index in [9.17, 15) is 0 Å². The van der Waals surface area contributed by atoms with Gasteiger partial charge in [-0.05, 0) is 172 Å². The highest BCUT2D eigenvalue weighted by molar-refractivity contribution is 6.21. The van der Waals surface area contributed by atoms with Crippen LogP contribution in [0.25, 0.3) is 93.9 Å². The minimum Gasteiger partial charge on any atom is -0.0767 e. The van der Waals surface area contributed by atoms with E-state index in [1.54, 1.807) is 0 Å². The lowest BCUT2D eigenvalue weighted by molar-refractivity contribution is 0.568. The fourth-order valence-corrected chi connectivity index (χ4v) is 14.6. The molecule has 0 aromatic heterocycles. The predicted octanol–water partition coefficient (Wildman–Crippen LogP) is 21.7. The molecule has 4 unspecified atom stereocenters. The third-order valence-corrected chi connectivity index (χ3v) is 18.7. The first-order valence-corrected chi connectivity index (χ1v) is 29.5. The molecule has 8 aromatic carbocycles. The van der Waals surface area contributed by atoms with E-state index in [1.165, 1.54) is 144 Å². The third kappa shape index (κ3) is 7.83. The molecule has 0 bridgehead atoms. The summed E-state index contributed by atoms with van der Waals surface area (Å²) in [6.45, 7) is 28.5. The van der Waals surface area contributed by atoms with E-state index < -0.39 is 0 Å². The summed E-state index contributed by atoms with van der Waals surface area (Å²) in [5.41, 5.74) is 29.9. The second-order valence-corrected chi connectivity index (χ2v) is 28.0. The quantitative estimate of drug-likeness (QED) is 0.161. The maximum atomic E-state index is 2.58. The van der Waals surface area contributed by atoms with Crippen LogP contribution in [-0.2, 0) is 21.7 Å². The molecule has 0 nitrogen and oxygen atoms in total. The first-order valence-electron chi connectivity index (χ1n) is 29.5. The van der Waals surface area contributed by atoms with Crippen LogP contribution in [0.4, 0.5) is 0 Å². The van der Waals surface area contributed by atoms with E-state index in [1.807, 2.05) is 0 Å². The molecule has 14 rings (SSSR count). The second kappa shape index (κ2) is 17.9. The van der Waals surface area contributed by atoms with Gasteiger partial charge in [-0.15, -0.1) is 0 Å². The fourth-order valence-electron chi connectivity index (χ4n) is 14.6. The molecule has 0 amide bonds. The van der Waals surface area contributed by atoms with E-state index in [2.05, 4.69) is 289 Å². The number of rotatable bonds is 5. The van der Waals surface area contributed by atoms with Crippen LogP contribution in [0, 0.1) is 23.7 Å². The van der Waals surface area contributed by atoms with E-state index in [0.29, 0.717) is 11.8 Å². The van der Waals surface area contributed by atoms with Crippen LogP contribution in [0.3, 0.4) is 0 Å². The van der Waals surface area contributed by atoms with Gasteiger partial charge in [0.05, 0.1) is 0 Å². The first-order chi connectivity index (χ1) is 38.2. The van der Waals surface area contributed by atoms with Gasteiger partial charge in [-0.25, -0.2) is 0 Å². The zero-order valence-electron chi connectivity index (χ0n) is 48.9.